The van der Waals surface area contributed by atoms with Crippen molar-refractivity contribution in [1.82, 2.24) is 0 Å². The Balaban J connectivity index is 2.02. The Hall–Kier alpha value is -2.50. The van der Waals surface area contributed by atoms with E-state index in [1.807, 2.05) is 0 Å². The van der Waals surface area contributed by atoms with E-state index < -0.39 is 17.0 Å². The maximum absolute atomic E-state index is 11.7. The van der Waals surface area contributed by atoms with E-state index in [-0.39, 0.29) is 11.5 Å². The van der Waals surface area contributed by atoms with Gasteiger partial charge in [-0.1, -0.05) is 12.1 Å². The molecule has 1 aliphatic carbocycles. The molecule has 1 aromatic rings. The molecule has 0 heterocycles. The third kappa shape index (κ3) is 3.98. The van der Waals surface area contributed by atoms with Crippen LogP contribution in [0.2, 0.25) is 0 Å². The maximum Gasteiger partial charge on any atom is 0.331 e. The number of carbonyl (C=O) groups excluding carboxylic acids is 2. The van der Waals surface area contributed by atoms with Crippen molar-refractivity contribution in [2.75, 3.05) is 0 Å². The fourth-order valence-electron chi connectivity index (χ4n) is 2.21. The lowest BCUT2D eigenvalue weighted by Crippen LogP contribution is -2.29. The van der Waals surface area contributed by atoms with Crippen LogP contribution < -0.4 is 0 Å². The third-order valence-corrected chi connectivity index (χ3v) is 3.29. The zero-order chi connectivity index (χ0) is 15.2. The van der Waals surface area contributed by atoms with Crippen molar-refractivity contribution in [1.29, 1.82) is 0 Å². The molecule has 0 bridgehead atoms. The van der Waals surface area contributed by atoms with Crippen molar-refractivity contribution in [3.63, 3.8) is 0 Å². The molecular weight excluding hydrogens is 274 g/mol. The van der Waals surface area contributed by atoms with Crippen molar-refractivity contribution in [2.24, 2.45) is 0 Å². The van der Waals surface area contributed by atoms with Crippen LogP contribution in [0.1, 0.15) is 31.2 Å². The van der Waals surface area contributed by atoms with Crippen molar-refractivity contribution < 1.29 is 19.2 Å². The fourth-order valence-corrected chi connectivity index (χ4v) is 2.21. The number of nitro benzene ring substituents is 1. The first-order valence-electron chi connectivity index (χ1n) is 6.73. The summed E-state index contributed by atoms with van der Waals surface area (Å²) in [5.74, 6) is -0.720. The quantitative estimate of drug-likeness (QED) is 0.368. The highest BCUT2D eigenvalue weighted by Crippen LogP contribution is 2.20. The summed E-state index contributed by atoms with van der Waals surface area (Å²) in [5.41, 5.74) is 0.227. The van der Waals surface area contributed by atoms with Crippen LogP contribution in [0.5, 0.6) is 0 Å². The van der Waals surface area contributed by atoms with Gasteiger partial charge in [0.15, 0.2) is 11.9 Å². The Labute approximate surface area is 121 Å². The number of nitrogens with zero attached hydrogens (tertiary/aromatic N) is 1. The number of Topliss-reactive ketones (excluding diaryl/α,β-unsaturated/α-hetero) is 1. The molecule has 0 amide bonds. The number of ether oxygens (including phenoxy) is 1. The third-order valence-electron chi connectivity index (χ3n) is 3.29. The van der Waals surface area contributed by atoms with Gasteiger partial charge in [0, 0.05) is 18.6 Å². The molecular formula is C15H15NO5. The van der Waals surface area contributed by atoms with Gasteiger partial charge in [0.25, 0.3) is 5.69 Å². The lowest BCUT2D eigenvalue weighted by atomic mass is 9.96. The van der Waals surface area contributed by atoms with Crippen LogP contribution in [-0.2, 0) is 14.3 Å². The van der Waals surface area contributed by atoms with E-state index >= 15 is 0 Å². The van der Waals surface area contributed by atoms with Crippen LogP contribution in [0.3, 0.4) is 0 Å². The highest BCUT2D eigenvalue weighted by Gasteiger charge is 2.25. The van der Waals surface area contributed by atoms with Crippen LogP contribution >= 0.6 is 0 Å². The minimum absolute atomic E-state index is 0.0614. The number of ketones is 1. The maximum atomic E-state index is 11.7. The summed E-state index contributed by atoms with van der Waals surface area (Å²) in [6.07, 6.45) is 4.44. The highest BCUT2D eigenvalue weighted by atomic mass is 16.6. The second kappa shape index (κ2) is 6.78. The van der Waals surface area contributed by atoms with Crippen LogP contribution in [0.25, 0.3) is 6.08 Å². The van der Waals surface area contributed by atoms with E-state index in [4.69, 9.17) is 4.74 Å². The molecule has 110 valence electrons. The van der Waals surface area contributed by atoms with E-state index in [0.717, 1.165) is 18.9 Å². The topological polar surface area (TPSA) is 86.5 Å². The number of rotatable bonds is 4. The normalized spacial score (nSPS) is 18.7. The predicted molar refractivity (Wildman–Crippen MR) is 75.5 cm³/mol. The zero-order valence-electron chi connectivity index (χ0n) is 11.4. The standard InChI is InChI=1S/C15H15NO5/c17-13-7-3-4-8-14(13)21-15(18)10-9-11-5-1-2-6-12(11)16(19)20/h1-2,5-6,9-10,14H,3-4,7-8H2/b10-9+/t14-/m1/s1. The van der Waals surface area contributed by atoms with Gasteiger partial charge >= 0.3 is 5.97 Å². The fraction of sp³-hybridized carbons (Fsp3) is 0.333. The lowest BCUT2D eigenvalue weighted by Gasteiger charge is -2.19. The van der Waals surface area contributed by atoms with E-state index in [0.29, 0.717) is 18.4 Å². The molecule has 0 radical (unpaired) electrons. The molecule has 0 saturated heterocycles. The Morgan fingerprint density at radius 1 is 1.33 bits per heavy atom. The van der Waals surface area contributed by atoms with Gasteiger partial charge in [-0.15, -0.1) is 0 Å². The van der Waals surface area contributed by atoms with E-state index in [1.165, 1.54) is 18.2 Å². The smallest absolute Gasteiger partial charge is 0.331 e. The van der Waals surface area contributed by atoms with Crippen LogP contribution in [-0.4, -0.2) is 22.8 Å². The number of esters is 1. The summed E-state index contributed by atoms with van der Waals surface area (Å²) in [7, 11) is 0. The summed E-state index contributed by atoms with van der Waals surface area (Å²) < 4.78 is 5.08. The van der Waals surface area contributed by atoms with Crippen LogP contribution in [0.4, 0.5) is 5.69 Å². The summed E-state index contributed by atoms with van der Waals surface area (Å²) >= 11 is 0. The number of nitro groups is 1. The van der Waals surface area contributed by atoms with Gasteiger partial charge in [-0.05, 0) is 31.4 Å². The Kier molecular flexibility index (Phi) is 4.81. The predicted octanol–water partition coefficient (Wildman–Crippen LogP) is 2.66. The van der Waals surface area contributed by atoms with E-state index in [1.54, 1.807) is 12.1 Å². The second-order valence-electron chi connectivity index (χ2n) is 4.79. The van der Waals surface area contributed by atoms with Crippen LogP contribution in [0.15, 0.2) is 30.3 Å². The molecule has 2 rings (SSSR count). The Morgan fingerprint density at radius 2 is 2.10 bits per heavy atom. The molecule has 1 aromatic carbocycles. The molecule has 0 unspecified atom stereocenters. The van der Waals surface area contributed by atoms with Gasteiger partial charge in [-0.25, -0.2) is 4.79 Å². The van der Waals surface area contributed by atoms with Gasteiger partial charge in [-0.3, -0.25) is 14.9 Å². The zero-order valence-corrected chi connectivity index (χ0v) is 11.4. The van der Waals surface area contributed by atoms with Gasteiger partial charge in [0.05, 0.1) is 10.5 Å². The molecule has 0 aromatic heterocycles. The summed E-state index contributed by atoms with van der Waals surface area (Å²) in [6, 6.07) is 6.08. The number of benzene rings is 1. The molecule has 0 spiro atoms. The molecule has 6 heteroatoms. The van der Waals surface area contributed by atoms with Crippen molar-refractivity contribution >= 4 is 23.5 Å². The Morgan fingerprint density at radius 3 is 2.81 bits per heavy atom. The number of hydrogen-bond acceptors (Lipinski definition) is 5. The Bertz CT molecular complexity index is 593. The molecule has 21 heavy (non-hydrogen) atoms. The molecule has 1 fully saturated rings. The number of carbonyl (C=O) groups is 2. The molecule has 0 N–H and O–H groups in total. The monoisotopic (exact) mass is 289 g/mol. The molecule has 1 atom stereocenters. The first-order valence-corrected chi connectivity index (χ1v) is 6.73. The van der Waals surface area contributed by atoms with Gasteiger partial charge < -0.3 is 4.74 Å². The number of para-hydroxylation sites is 1. The van der Waals surface area contributed by atoms with Crippen molar-refractivity contribution in [2.45, 2.75) is 31.8 Å². The van der Waals surface area contributed by atoms with Gasteiger partial charge in [0.1, 0.15) is 0 Å². The van der Waals surface area contributed by atoms with Crippen LogP contribution in [0, 0.1) is 10.1 Å². The average molecular weight is 289 g/mol. The summed E-state index contributed by atoms with van der Waals surface area (Å²) in [5, 5.41) is 10.8. The number of hydrogen-bond donors (Lipinski definition) is 0. The van der Waals surface area contributed by atoms with Gasteiger partial charge in [0.2, 0.25) is 0 Å². The molecule has 0 aliphatic heterocycles. The molecule has 1 aliphatic rings. The minimum Gasteiger partial charge on any atom is -0.451 e. The average Bonchev–Trinajstić information content (AvgIpc) is 2.48. The second-order valence-corrected chi connectivity index (χ2v) is 4.79. The summed E-state index contributed by atoms with van der Waals surface area (Å²) in [4.78, 5) is 33.6. The van der Waals surface area contributed by atoms with E-state index in [2.05, 4.69) is 0 Å². The summed E-state index contributed by atoms with van der Waals surface area (Å²) in [6.45, 7) is 0. The lowest BCUT2D eigenvalue weighted by molar-refractivity contribution is -0.385. The van der Waals surface area contributed by atoms with E-state index in [9.17, 15) is 19.7 Å². The van der Waals surface area contributed by atoms with Crippen molar-refractivity contribution in [3.8, 4) is 0 Å². The highest BCUT2D eigenvalue weighted by molar-refractivity contribution is 5.91. The largest absolute Gasteiger partial charge is 0.451 e. The molecule has 6 nitrogen and oxygen atoms in total. The first-order chi connectivity index (χ1) is 10.1. The van der Waals surface area contributed by atoms with Gasteiger partial charge in [-0.2, -0.15) is 0 Å². The van der Waals surface area contributed by atoms with Crippen molar-refractivity contribution in [3.05, 3.63) is 46.0 Å². The molecule has 1 saturated carbocycles. The SMILES string of the molecule is O=C(/C=C/c1ccccc1[N+](=O)[O-])O[C@@H]1CCCCC1=O. The minimum atomic E-state index is -0.679. The first kappa shape index (κ1) is 14.9.